The van der Waals surface area contributed by atoms with Crippen molar-refractivity contribution in [3.8, 4) is 67.7 Å². The fraction of sp³-hybridized carbons (Fsp3) is 0. The Kier molecular flexibility index (Phi) is 8.32. The van der Waals surface area contributed by atoms with Gasteiger partial charge >= 0.3 is 0 Å². The van der Waals surface area contributed by atoms with E-state index >= 15 is 0 Å². The van der Waals surface area contributed by atoms with Gasteiger partial charge in [0.05, 0.1) is 11.2 Å². The maximum atomic E-state index is 5.23. The highest BCUT2D eigenvalue weighted by molar-refractivity contribution is 7.26. The summed E-state index contributed by atoms with van der Waals surface area (Å²) in [6.07, 6.45) is 0. The molecule has 0 amide bonds. The van der Waals surface area contributed by atoms with Crippen LogP contribution >= 0.6 is 11.3 Å². The number of benzene rings is 9. The summed E-state index contributed by atoms with van der Waals surface area (Å²) >= 11 is 1.85. The summed E-state index contributed by atoms with van der Waals surface area (Å²) in [5, 5.41) is 8.33. The van der Waals surface area contributed by atoms with Gasteiger partial charge in [0.25, 0.3) is 0 Å². The number of fused-ring (bicyclic) bond motifs is 8. The molecule has 12 rings (SSSR count). The first-order valence-electron chi connectivity index (χ1n) is 20.5. The molecule has 0 spiro atoms. The van der Waals surface area contributed by atoms with Crippen LogP contribution in [0.1, 0.15) is 0 Å². The zero-order valence-electron chi connectivity index (χ0n) is 32.8. The second-order valence-corrected chi connectivity index (χ2v) is 16.4. The summed E-state index contributed by atoms with van der Waals surface area (Å²) < 4.78 is 2.53. The topological polar surface area (TPSA) is 51.6 Å². The lowest BCUT2D eigenvalue weighted by Gasteiger charge is -2.14. The molecule has 0 fully saturated rings. The molecule has 284 valence electrons. The van der Waals surface area contributed by atoms with Crippen LogP contribution in [0.2, 0.25) is 0 Å². The second kappa shape index (κ2) is 14.5. The van der Waals surface area contributed by atoms with E-state index in [0.717, 1.165) is 66.3 Å². The first-order chi connectivity index (χ1) is 30.2. The molecule has 0 bridgehead atoms. The maximum absolute atomic E-state index is 5.23. The Hall–Kier alpha value is -7.86. The molecular formula is C56H34N4S. The SMILES string of the molecule is c1ccc(-c2ccc(-c3nc(-c4ccccc4)nc(-c4ccc(-c5ccc6sc7ccc8c(-c9ccccc9)nc9ccccc9c8c7c6c5)c5ccccc45)n3)cc2)cc1. The number of hydrogen-bond donors (Lipinski definition) is 0. The summed E-state index contributed by atoms with van der Waals surface area (Å²) in [7, 11) is 0. The molecule has 0 N–H and O–H groups in total. The van der Waals surface area contributed by atoms with Crippen molar-refractivity contribution >= 4 is 64.0 Å². The fourth-order valence-corrected chi connectivity index (χ4v) is 9.92. The average molecular weight is 795 g/mol. The molecule has 0 saturated carbocycles. The van der Waals surface area contributed by atoms with Gasteiger partial charge in [0.2, 0.25) is 0 Å². The van der Waals surface area contributed by atoms with E-state index in [9.17, 15) is 0 Å². The molecule has 0 radical (unpaired) electrons. The normalized spacial score (nSPS) is 11.6. The number of thiophene rings is 1. The van der Waals surface area contributed by atoms with E-state index in [0.29, 0.717) is 17.5 Å². The molecule has 0 aliphatic carbocycles. The van der Waals surface area contributed by atoms with Crippen LogP contribution in [0, 0.1) is 0 Å². The van der Waals surface area contributed by atoms with E-state index in [4.69, 9.17) is 19.9 Å². The zero-order valence-corrected chi connectivity index (χ0v) is 33.6. The smallest absolute Gasteiger partial charge is 0.164 e. The number of pyridine rings is 1. The fourth-order valence-electron chi connectivity index (χ4n) is 8.82. The van der Waals surface area contributed by atoms with E-state index in [-0.39, 0.29) is 0 Å². The van der Waals surface area contributed by atoms with Crippen LogP contribution < -0.4 is 0 Å². The highest BCUT2D eigenvalue weighted by Gasteiger charge is 2.19. The molecule has 61 heavy (non-hydrogen) atoms. The molecule has 3 aromatic heterocycles. The Morgan fingerprint density at radius 1 is 0.279 bits per heavy atom. The number of hydrogen-bond acceptors (Lipinski definition) is 5. The molecule has 5 heteroatoms. The molecule has 12 aromatic rings. The predicted octanol–water partition coefficient (Wildman–Crippen LogP) is 15.1. The minimum Gasteiger partial charge on any atom is -0.247 e. The highest BCUT2D eigenvalue weighted by atomic mass is 32.1. The van der Waals surface area contributed by atoms with E-state index in [2.05, 4.69) is 182 Å². The van der Waals surface area contributed by atoms with Crippen LogP contribution in [0.15, 0.2) is 206 Å². The summed E-state index contributed by atoms with van der Waals surface area (Å²) in [4.78, 5) is 20.6. The molecule has 0 aliphatic rings. The van der Waals surface area contributed by atoms with Gasteiger partial charge in [0.15, 0.2) is 17.5 Å². The number of nitrogens with zero attached hydrogens (tertiary/aromatic N) is 4. The Morgan fingerprint density at radius 3 is 1.51 bits per heavy atom. The Balaban J connectivity index is 1.03. The Labute approximate surface area is 356 Å². The van der Waals surface area contributed by atoms with Crippen molar-refractivity contribution in [2.75, 3.05) is 0 Å². The van der Waals surface area contributed by atoms with Crippen molar-refractivity contribution in [1.82, 2.24) is 19.9 Å². The summed E-state index contributed by atoms with van der Waals surface area (Å²) in [5.74, 6) is 1.91. The van der Waals surface area contributed by atoms with Crippen LogP contribution in [0.3, 0.4) is 0 Å². The summed E-state index contributed by atoms with van der Waals surface area (Å²) in [5.41, 5.74) is 10.6. The van der Waals surface area contributed by atoms with Crippen LogP contribution in [0.4, 0.5) is 0 Å². The second-order valence-electron chi connectivity index (χ2n) is 15.3. The average Bonchev–Trinajstić information content (AvgIpc) is 3.72. The first kappa shape index (κ1) is 35.1. The van der Waals surface area contributed by atoms with Gasteiger partial charge in [-0.3, -0.25) is 0 Å². The van der Waals surface area contributed by atoms with Gasteiger partial charge in [-0.05, 0) is 63.4 Å². The van der Waals surface area contributed by atoms with Crippen molar-refractivity contribution < 1.29 is 0 Å². The molecule has 9 aromatic carbocycles. The van der Waals surface area contributed by atoms with Gasteiger partial charge in [-0.25, -0.2) is 19.9 Å². The monoisotopic (exact) mass is 794 g/mol. The molecule has 0 aliphatic heterocycles. The van der Waals surface area contributed by atoms with E-state index in [1.54, 1.807) is 0 Å². The number of rotatable bonds is 6. The van der Waals surface area contributed by atoms with Crippen molar-refractivity contribution in [2.45, 2.75) is 0 Å². The zero-order chi connectivity index (χ0) is 40.3. The van der Waals surface area contributed by atoms with Crippen LogP contribution in [-0.4, -0.2) is 19.9 Å². The summed E-state index contributed by atoms with van der Waals surface area (Å²) in [6.45, 7) is 0. The first-order valence-corrected chi connectivity index (χ1v) is 21.3. The molecule has 0 saturated heterocycles. The maximum Gasteiger partial charge on any atom is 0.164 e. The quantitative estimate of drug-likeness (QED) is 0.157. The van der Waals surface area contributed by atoms with Crippen molar-refractivity contribution in [3.05, 3.63) is 206 Å². The Bertz CT molecular complexity index is 3620. The lowest BCUT2D eigenvalue weighted by molar-refractivity contribution is 1.08. The van der Waals surface area contributed by atoms with Crippen LogP contribution in [0.5, 0.6) is 0 Å². The van der Waals surface area contributed by atoms with Gasteiger partial charge in [-0.1, -0.05) is 176 Å². The van der Waals surface area contributed by atoms with E-state index in [1.807, 2.05) is 35.6 Å². The third kappa shape index (κ3) is 6.05. The van der Waals surface area contributed by atoms with Gasteiger partial charge in [0.1, 0.15) is 0 Å². The minimum absolute atomic E-state index is 0.636. The number of aromatic nitrogens is 4. The van der Waals surface area contributed by atoms with Crippen LogP contribution in [-0.2, 0) is 0 Å². The third-order valence-corrected chi connectivity index (χ3v) is 12.9. The molecule has 0 atom stereocenters. The van der Waals surface area contributed by atoms with Gasteiger partial charge in [-0.15, -0.1) is 11.3 Å². The van der Waals surface area contributed by atoms with Crippen LogP contribution in [0.25, 0.3) is 120 Å². The van der Waals surface area contributed by atoms with Crippen molar-refractivity contribution in [3.63, 3.8) is 0 Å². The Morgan fingerprint density at radius 2 is 0.787 bits per heavy atom. The molecular weight excluding hydrogens is 761 g/mol. The third-order valence-electron chi connectivity index (χ3n) is 11.7. The molecule has 4 nitrogen and oxygen atoms in total. The standard InChI is InChI=1S/C56H34N4S/c1-4-14-35(15-5-1)36-24-26-39(27-25-36)55-58-54(38-18-8-3-9-19-38)59-56(60-55)44-30-29-41(42-20-10-11-21-43(42)44)40-28-32-49-47(34-40)52-50(61-49)33-31-46-51(52)45-22-12-13-23-48(45)57-53(46)37-16-6-2-7-17-37/h1-34H. The van der Waals surface area contributed by atoms with Gasteiger partial charge in [0, 0.05) is 58.6 Å². The highest BCUT2D eigenvalue weighted by Crippen LogP contribution is 2.45. The van der Waals surface area contributed by atoms with Crippen molar-refractivity contribution in [1.29, 1.82) is 0 Å². The lowest BCUT2D eigenvalue weighted by atomic mass is 9.92. The minimum atomic E-state index is 0.636. The van der Waals surface area contributed by atoms with Gasteiger partial charge in [-0.2, -0.15) is 0 Å². The van der Waals surface area contributed by atoms with E-state index in [1.165, 1.54) is 36.5 Å². The molecule has 0 unspecified atom stereocenters. The van der Waals surface area contributed by atoms with Gasteiger partial charge < -0.3 is 0 Å². The lowest BCUT2D eigenvalue weighted by Crippen LogP contribution is -2.00. The van der Waals surface area contributed by atoms with Crippen molar-refractivity contribution in [2.24, 2.45) is 0 Å². The summed E-state index contributed by atoms with van der Waals surface area (Å²) in [6, 6.07) is 72.7. The largest absolute Gasteiger partial charge is 0.247 e. The molecule has 3 heterocycles. The van der Waals surface area contributed by atoms with E-state index < -0.39 is 0 Å². The number of para-hydroxylation sites is 1. The predicted molar refractivity (Wildman–Crippen MR) is 256 cm³/mol.